The van der Waals surface area contributed by atoms with E-state index in [1.807, 2.05) is 0 Å². The molecule has 0 aliphatic rings. The number of nitrogens with one attached hydrogen (secondary N) is 1. The quantitative estimate of drug-likeness (QED) is 0.159. The van der Waals surface area contributed by atoms with Gasteiger partial charge in [-0.15, -0.1) is 0 Å². The van der Waals surface area contributed by atoms with Gasteiger partial charge in [0.1, 0.15) is 5.76 Å². The molecular formula is C27H43NO4S. The molecule has 0 spiro atoms. The number of carbonyl (C=O) groups is 3. The number of rotatable bonds is 16. The van der Waals surface area contributed by atoms with Gasteiger partial charge in [-0.05, 0) is 42.9 Å². The van der Waals surface area contributed by atoms with E-state index < -0.39 is 0 Å². The van der Waals surface area contributed by atoms with Gasteiger partial charge in [0.2, 0.25) is 11.0 Å². The fraction of sp³-hybridized carbons (Fsp3) is 0.667. The summed E-state index contributed by atoms with van der Waals surface area (Å²) in [7, 11) is 0. The summed E-state index contributed by atoms with van der Waals surface area (Å²) in [4.78, 5) is 35.7. The summed E-state index contributed by atoms with van der Waals surface area (Å²) < 4.78 is 5.69. The highest BCUT2D eigenvalue weighted by atomic mass is 32.2. The Morgan fingerprint density at radius 1 is 0.970 bits per heavy atom. The van der Waals surface area contributed by atoms with E-state index >= 15 is 0 Å². The second kappa shape index (κ2) is 15.9. The molecule has 2 atom stereocenters. The lowest BCUT2D eigenvalue weighted by Crippen LogP contribution is -2.22. The van der Waals surface area contributed by atoms with Gasteiger partial charge >= 0.3 is 0 Å². The van der Waals surface area contributed by atoms with Gasteiger partial charge in [-0.2, -0.15) is 0 Å². The largest absolute Gasteiger partial charge is 0.454 e. The van der Waals surface area contributed by atoms with Crippen molar-refractivity contribution in [3.8, 4) is 0 Å². The van der Waals surface area contributed by atoms with Crippen LogP contribution < -0.4 is 5.32 Å². The topological polar surface area (TPSA) is 76.4 Å². The van der Waals surface area contributed by atoms with Crippen molar-refractivity contribution in [1.82, 2.24) is 5.32 Å². The molecule has 1 heterocycles. The first kappa shape index (κ1) is 29.2. The third-order valence-electron chi connectivity index (χ3n) is 5.70. The molecule has 0 saturated carbocycles. The number of ketones is 1. The van der Waals surface area contributed by atoms with Crippen molar-refractivity contribution in [2.24, 2.45) is 17.8 Å². The van der Waals surface area contributed by atoms with E-state index in [0.29, 0.717) is 41.7 Å². The van der Waals surface area contributed by atoms with Crippen molar-refractivity contribution in [3.63, 3.8) is 0 Å². The van der Waals surface area contributed by atoms with Gasteiger partial charge in [-0.1, -0.05) is 78.0 Å². The van der Waals surface area contributed by atoms with Crippen LogP contribution in [0.25, 0.3) is 6.08 Å². The molecular weight excluding hydrogens is 434 g/mol. The molecule has 1 N–H and O–H groups in total. The van der Waals surface area contributed by atoms with Crippen LogP contribution in [0.5, 0.6) is 0 Å². The predicted molar refractivity (Wildman–Crippen MR) is 138 cm³/mol. The van der Waals surface area contributed by atoms with Gasteiger partial charge in [0.25, 0.3) is 0 Å². The molecule has 1 rings (SSSR count). The number of thioether (sulfide) groups is 1. The number of Topliss-reactive ketones (excluding diaryl/α,β-unsaturated/α-hetero) is 1. The zero-order valence-corrected chi connectivity index (χ0v) is 22.2. The molecule has 0 bridgehead atoms. The minimum Gasteiger partial charge on any atom is -0.454 e. The van der Waals surface area contributed by atoms with Crippen molar-refractivity contribution in [3.05, 3.63) is 29.2 Å². The van der Waals surface area contributed by atoms with Crippen molar-refractivity contribution >= 4 is 34.6 Å². The Labute approximate surface area is 204 Å². The van der Waals surface area contributed by atoms with Gasteiger partial charge < -0.3 is 9.73 Å². The summed E-state index contributed by atoms with van der Waals surface area (Å²) in [6.07, 6.45) is 9.49. The van der Waals surface area contributed by atoms with E-state index in [9.17, 15) is 14.4 Å². The van der Waals surface area contributed by atoms with Crippen LogP contribution >= 0.6 is 11.8 Å². The van der Waals surface area contributed by atoms with E-state index in [2.05, 4.69) is 33.0 Å². The van der Waals surface area contributed by atoms with Crippen LogP contribution in [0.1, 0.15) is 103 Å². The average Bonchev–Trinajstić information content (AvgIpc) is 3.19. The van der Waals surface area contributed by atoms with Crippen LogP contribution in [0.3, 0.4) is 0 Å². The molecule has 0 aromatic carbocycles. The van der Waals surface area contributed by atoms with Crippen LogP contribution in [0, 0.1) is 17.8 Å². The maximum Gasteiger partial charge on any atom is 0.216 e. The van der Waals surface area contributed by atoms with Gasteiger partial charge in [0.05, 0.1) is 0 Å². The van der Waals surface area contributed by atoms with E-state index in [0.717, 1.165) is 36.4 Å². The number of amides is 1. The van der Waals surface area contributed by atoms with Gasteiger partial charge in [0, 0.05) is 31.2 Å². The number of hydrogen-bond donors (Lipinski definition) is 1. The summed E-state index contributed by atoms with van der Waals surface area (Å²) in [5, 5.41) is 2.59. The Kier molecular flexibility index (Phi) is 14.1. The normalized spacial score (nSPS) is 13.7. The summed E-state index contributed by atoms with van der Waals surface area (Å²) in [5.74, 6) is 3.15. The average molecular weight is 478 g/mol. The van der Waals surface area contributed by atoms with E-state index in [1.165, 1.54) is 32.6 Å². The SMILES string of the molecule is CC(=O)NCCSC(=O)/C(C)=C/c1ccc(C(=O)CC(C)CCCC(C)CCCC(C)C)o1. The molecule has 186 valence electrons. The van der Waals surface area contributed by atoms with E-state index in [-0.39, 0.29) is 16.8 Å². The highest BCUT2D eigenvalue weighted by Gasteiger charge is 2.16. The van der Waals surface area contributed by atoms with Crippen molar-refractivity contribution < 1.29 is 18.8 Å². The van der Waals surface area contributed by atoms with Crippen molar-refractivity contribution in [2.45, 2.75) is 86.5 Å². The Balaban J connectivity index is 2.39. The summed E-state index contributed by atoms with van der Waals surface area (Å²) in [6.45, 7) is 12.6. The van der Waals surface area contributed by atoms with Crippen LogP contribution in [0.4, 0.5) is 0 Å². The van der Waals surface area contributed by atoms with Crippen LogP contribution in [-0.4, -0.2) is 29.1 Å². The second-order valence-corrected chi connectivity index (χ2v) is 10.8. The van der Waals surface area contributed by atoms with Crippen LogP contribution in [-0.2, 0) is 9.59 Å². The van der Waals surface area contributed by atoms with E-state index in [4.69, 9.17) is 4.42 Å². The molecule has 33 heavy (non-hydrogen) atoms. The zero-order chi connectivity index (χ0) is 24.8. The Morgan fingerprint density at radius 2 is 1.61 bits per heavy atom. The van der Waals surface area contributed by atoms with Gasteiger partial charge in [-0.3, -0.25) is 14.4 Å². The Hall–Kier alpha value is -1.82. The molecule has 5 nitrogen and oxygen atoms in total. The van der Waals surface area contributed by atoms with Gasteiger partial charge in [0.15, 0.2) is 11.5 Å². The van der Waals surface area contributed by atoms with Crippen molar-refractivity contribution in [1.29, 1.82) is 0 Å². The first-order chi connectivity index (χ1) is 15.6. The molecule has 0 radical (unpaired) electrons. The predicted octanol–water partition coefficient (Wildman–Crippen LogP) is 6.92. The smallest absolute Gasteiger partial charge is 0.216 e. The highest BCUT2D eigenvalue weighted by Crippen LogP contribution is 2.22. The summed E-state index contributed by atoms with van der Waals surface area (Å²) in [6, 6.07) is 3.43. The van der Waals surface area contributed by atoms with Crippen molar-refractivity contribution in [2.75, 3.05) is 12.3 Å². The minimum atomic E-state index is -0.107. The molecule has 0 saturated heterocycles. The van der Waals surface area contributed by atoms with E-state index in [1.54, 1.807) is 25.1 Å². The number of carbonyl (C=O) groups excluding carboxylic acids is 3. The molecule has 6 heteroatoms. The lowest BCUT2D eigenvalue weighted by Gasteiger charge is -2.14. The molecule has 2 unspecified atom stereocenters. The lowest BCUT2D eigenvalue weighted by atomic mass is 9.92. The summed E-state index contributed by atoms with van der Waals surface area (Å²) >= 11 is 1.15. The first-order valence-corrected chi connectivity index (χ1v) is 13.3. The number of furan rings is 1. The second-order valence-electron chi connectivity index (χ2n) is 9.74. The minimum absolute atomic E-state index is 0.0146. The lowest BCUT2D eigenvalue weighted by molar-refractivity contribution is -0.118. The molecule has 0 aliphatic carbocycles. The molecule has 1 aromatic rings. The standard InChI is InChI=1S/C27H43NO4S/c1-19(2)9-7-10-20(3)11-8-12-21(4)17-25(30)26-14-13-24(32-26)18-22(5)27(31)33-16-15-28-23(6)29/h13-14,18-21H,7-12,15-17H2,1-6H3,(H,28,29)/b22-18+. The molecule has 0 aliphatic heterocycles. The first-order valence-electron chi connectivity index (χ1n) is 12.3. The molecule has 1 amide bonds. The number of hydrogen-bond acceptors (Lipinski definition) is 5. The van der Waals surface area contributed by atoms with Crippen LogP contribution in [0.2, 0.25) is 0 Å². The fourth-order valence-corrected chi connectivity index (χ4v) is 4.37. The molecule has 0 fully saturated rings. The molecule has 1 aromatic heterocycles. The van der Waals surface area contributed by atoms with Crippen LogP contribution in [0.15, 0.2) is 22.1 Å². The fourth-order valence-electron chi connectivity index (χ4n) is 3.69. The Morgan fingerprint density at radius 3 is 2.24 bits per heavy atom. The zero-order valence-electron chi connectivity index (χ0n) is 21.4. The maximum atomic E-state index is 12.6. The third-order valence-corrected chi connectivity index (χ3v) is 6.69. The monoisotopic (exact) mass is 477 g/mol. The van der Waals surface area contributed by atoms with Gasteiger partial charge in [-0.25, -0.2) is 0 Å². The third kappa shape index (κ3) is 13.5. The Bertz CT molecular complexity index is 781. The highest BCUT2D eigenvalue weighted by molar-refractivity contribution is 8.14. The summed E-state index contributed by atoms with van der Waals surface area (Å²) in [5.41, 5.74) is 0.548. The maximum absolute atomic E-state index is 12.6.